The van der Waals surface area contributed by atoms with Gasteiger partial charge in [-0.25, -0.2) is 9.50 Å². The highest BCUT2D eigenvalue weighted by Crippen LogP contribution is 2.34. The summed E-state index contributed by atoms with van der Waals surface area (Å²) < 4.78 is 1.70. The van der Waals surface area contributed by atoms with Gasteiger partial charge in [0, 0.05) is 35.9 Å². The molecule has 1 aliphatic rings. The van der Waals surface area contributed by atoms with Gasteiger partial charge in [0.1, 0.15) is 11.4 Å². The van der Waals surface area contributed by atoms with Crippen LogP contribution in [0.25, 0.3) is 27.9 Å². The second kappa shape index (κ2) is 8.02. The van der Waals surface area contributed by atoms with Crippen LogP contribution in [0.2, 0.25) is 0 Å². The van der Waals surface area contributed by atoms with Crippen LogP contribution in [0.3, 0.4) is 0 Å². The average molecular weight is 459 g/mol. The Morgan fingerprint density at radius 2 is 1.74 bits per heavy atom. The van der Waals surface area contributed by atoms with Gasteiger partial charge in [0.2, 0.25) is 5.95 Å². The van der Waals surface area contributed by atoms with Gasteiger partial charge in [-0.15, -0.1) is 15.3 Å². The molecule has 1 aromatic carbocycles. The SMILES string of the molecule is CN(c1ncc(-c2ccc(-c3ccn4nncc4c3)cc2O)nn1)C1CC(C)(C)NC(C)(C)C1. The minimum absolute atomic E-state index is 0.0284. The molecule has 0 radical (unpaired) electrons. The van der Waals surface area contributed by atoms with Crippen molar-refractivity contribution in [1.82, 2.24) is 35.3 Å². The topological polar surface area (TPSA) is 104 Å². The van der Waals surface area contributed by atoms with E-state index in [1.165, 1.54) is 0 Å². The molecular weight excluding hydrogens is 428 g/mol. The number of aromatic nitrogens is 6. The number of hydrogen-bond acceptors (Lipinski definition) is 8. The largest absolute Gasteiger partial charge is 0.507 e. The number of piperidine rings is 1. The summed E-state index contributed by atoms with van der Waals surface area (Å²) in [7, 11) is 2.03. The lowest BCUT2D eigenvalue weighted by Gasteiger charge is -2.48. The summed E-state index contributed by atoms with van der Waals surface area (Å²) in [5, 5.41) is 31.1. The highest BCUT2D eigenvalue weighted by Gasteiger charge is 2.39. The molecule has 34 heavy (non-hydrogen) atoms. The van der Waals surface area contributed by atoms with Crippen LogP contribution >= 0.6 is 0 Å². The predicted molar refractivity (Wildman–Crippen MR) is 132 cm³/mol. The van der Waals surface area contributed by atoms with Crippen LogP contribution < -0.4 is 10.2 Å². The minimum atomic E-state index is 0.0284. The minimum Gasteiger partial charge on any atom is -0.507 e. The number of nitrogens with one attached hydrogen (secondary N) is 1. The zero-order valence-electron chi connectivity index (χ0n) is 20.2. The molecule has 9 heteroatoms. The van der Waals surface area contributed by atoms with E-state index in [-0.39, 0.29) is 16.8 Å². The lowest BCUT2D eigenvalue weighted by molar-refractivity contribution is 0.160. The van der Waals surface area contributed by atoms with Crippen molar-refractivity contribution in [2.24, 2.45) is 0 Å². The van der Waals surface area contributed by atoms with Crippen molar-refractivity contribution >= 4 is 11.5 Å². The Morgan fingerprint density at radius 1 is 1.00 bits per heavy atom. The fourth-order valence-electron chi connectivity index (χ4n) is 5.20. The summed E-state index contributed by atoms with van der Waals surface area (Å²) in [6.45, 7) is 8.92. The average Bonchev–Trinajstić information content (AvgIpc) is 3.24. The van der Waals surface area contributed by atoms with Gasteiger partial charge < -0.3 is 15.3 Å². The van der Waals surface area contributed by atoms with Crippen LogP contribution in [0.15, 0.2) is 48.9 Å². The predicted octanol–water partition coefficient (Wildman–Crippen LogP) is 3.70. The molecule has 1 fully saturated rings. The molecule has 0 saturated carbocycles. The zero-order chi connectivity index (χ0) is 24.1. The summed E-state index contributed by atoms with van der Waals surface area (Å²) in [5.74, 6) is 0.712. The van der Waals surface area contributed by atoms with E-state index in [4.69, 9.17) is 0 Å². The third kappa shape index (κ3) is 4.31. The molecule has 9 nitrogen and oxygen atoms in total. The maximum Gasteiger partial charge on any atom is 0.245 e. The fourth-order valence-corrected chi connectivity index (χ4v) is 5.20. The molecule has 2 N–H and O–H groups in total. The lowest BCUT2D eigenvalue weighted by atomic mass is 9.79. The smallest absolute Gasteiger partial charge is 0.245 e. The molecule has 0 bridgehead atoms. The first kappa shape index (κ1) is 22.2. The first-order valence-corrected chi connectivity index (χ1v) is 11.5. The maximum absolute atomic E-state index is 10.7. The van der Waals surface area contributed by atoms with Crippen molar-refractivity contribution < 1.29 is 5.11 Å². The summed E-state index contributed by atoms with van der Waals surface area (Å²) >= 11 is 0. The van der Waals surface area contributed by atoms with Crippen LogP contribution in [0.4, 0.5) is 5.95 Å². The Morgan fingerprint density at radius 3 is 2.41 bits per heavy atom. The number of phenols is 1. The molecule has 1 saturated heterocycles. The van der Waals surface area contributed by atoms with Crippen molar-refractivity contribution in [2.75, 3.05) is 11.9 Å². The summed E-state index contributed by atoms with van der Waals surface area (Å²) in [6.07, 6.45) is 7.19. The fraction of sp³-hybridized carbons (Fsp3) is 0.400. The first-order chi connectivity index (χ1) is 16.1. The monoisotopic (exact) mass is 458 g/mol. The molecule has 0 aliphatic carbocycles. The second-order valence-electron chi connectivity index (χ2n) is 10.5. The molecule has 176 valence electrons. The number of benzene rings is 1. The molecule has 0 spiro atoms. The number of pyridine rings is 1. The zero-order valence-corrected chi connectivity index (χ0v) is 20.2. The van der Waals surface area contributed by atoms with E-state index in [0.717, 1.165) is 29.5 Å². The van der Waals surface area contributed by atoms with Crippen molar-refractivity contribution in [3.05, 3.63) is 48.9 Å². The van der Waals surface area contributed by atoms with Gasteiger partial charge in [0.25, 0.3) is 0 Å². The molecule has 4 heterocycles. The first-order valence-electron chi connectivity index (χ1n) is 11.5. The quantitative estimate of drug-likeness (QED) is 0.477. The van der Waals surface area contributed by atoms with Gasteiger partial charge in [0.15, 0.2) is 0 Å². The van der Waals surface area contributed by atoms with Crippen molar-refractivity contribution in [2.45, 2.75) is 57.7 Å². The van der Waals surface area contributed by atoms with Gasteiger partial charge >= 0.3 is 0 Å². The Bertz CT molecular complexity index is 1310. The van der Waals surface area contributed by atoms with Gasteiger partial charge in [0.05, 0.1) is 17.9 Å². The number of aromatic hydroxyl groups is 1. The van der Waals surface area contributed by atoms with E-state index in [2.05, 4.69) is 63.4 Å². The molecule has 5 rings (SSSR count). The van der Waals surface area contributed by atoms with Gasteiger partial charge in [-0.05, 0) is 75.9 Å². The standard InChI is InChI=1S/C25H30N8O/c1-24(2)12-19(13-25(3,4)30-24)32(5)23-26-15-21(28-29-23)20-7-6-16(11-22(20)34)17-8-9-33-18(10-17)14-27-31-33/h6-11,14-15,19,30,34H,12-13H2,1-5H3. The van der Waals surface area contributed by atoms with Crippen molar-refractivity contribution in [3.8, 4) is 28.1 Å². The number of rotatable bonds is 4. The maximum atomic E-state index is 10.7. The van der Waals surface area contributed by atoms with Crippen LogP contribution in [-0.4, -0.2) is 59.3 Å². The third-order valence-corrected chi connectivity index (χ3v) is 6.49. The highest BCUT2D eigenvalue weighted by atomic mass is 16.3. The second-order valence-corrected chi connectivity index (χ2v) is 10.5. The molecule has 1 aliphatic heterocycles. The molecule has 0 amide bonds. The van der Waals surface area contributed by atoms with E-state index in [0.29, 0.717) is 23.2 Å². The Labute approximate surface area is 198 Å². The van der Waals surface area contributed by atoms with Gasteiger partial charge in [-0.1, -0.05) is 11.3 Å². The normalized spacial score (nSPS) is 17.7. The molecular formula is C25H30N8O. The lowest BCUT2D eigenvalue weighted by Crippen LogP contribution is -2.62. The number of nitrogens with zero attached hydrogens (tertiary/aromatic N) is 7. The number of anilines is 1. The highest BCUT2D eigenvalue weighted by molar-refractivity contribution is 5.75. The van der Waals surface area contributed by atoms with E-state index < -0.39 is 0 Å². The van der Waals surface area contributed by atoms with Crippen LogP contribution in [0, 0.1) is 0 Å². The van der Waals surface area contributed by atoms with E-state index in [1.54, 1.807) is 23.0 Å². The molecule has 4 aromatic rings. The molecule has 3 aromatic heterocycles. The Balaban J connectivity index is 1.37. The summed E-state index contributed by atoms with van der Waals surface area (Å²) in [4.78, 5) is 6.70. The summed E-state index contributed by atoms with van der Waals surface area (Å²) in [5.41, 5.74) is 3.92. The van der Waals surface area contributed by atoms with Crippen LogP contribution in [0.1, 0.15) is 40.5 Å². The van der Waals surface area contributed by atoms with Gasteiger partial charge in [-0.3, -0.25) is 0 Å². The van der Waals surface area contributed by atoms with Crippen LogP contribution in [-0.2, 0) is 0 Å². The van der Waals surface area contributed by atoms with Crippen molar-refractivity contribution in [3.63, 3.8) is 0 Å². The molecule has 0 atom stereocenters. The summed E-state index contributed by atoms with van der Waals surface area (Å²) in [6, 6.07) is 9.73. The van der Waals surface area contributed by atoms with Crippen molar-refractivity contribution in [1.29, 1.82) is 0 Å². The van der Waals surface area contributed by atoms with Gasteiger partial charge in [-0.2, -0.15) is 0 Å². The van der Waals surface area contributed by atoms with Crippen LogP contribution in [0.5, 0.6) is 5.75 Å². The Hall–Kier alpha value is -3.59. The van der Waals surface area contributed by atoms with E-state index >= 15 is 0 Å². The van der Waals surface area contributed by atoms with E-state index in [1.807, 2.05) is 37.5 Å². The number of phenolic OH excluding ortho intramolecular Hbond substituents is 1. The number of fused-ring (bicyclic) bond motifs is 1. The Kier molecular flexibility index (Phi) is 5.24. The molecule has 0 unspecified atom stereocenters. The third-order valence-electron chi connectivity index (χ3n) is 6.49. The van der Waals surface area contributed by atoms with E-state index in [9.17, 15) is 5.11 Å². The number of hydrogen-bond donors (Lipinski definition) is 2.